The molecule has 2 aromatic rings. The molecule has 0 fully saturated rings. The topological polar surface area (TPSA) is 63.3 Å². The van der Waals surface area contributed by atoms with E-state index in [-0.39, 0.29) is 5.69 Å². The zero-order chi connectivity index (χ0) is 12.4. The van der Waals surface area contributed by atoms with Gasteiger partial charge in [-0.3, -0.25) is 0 Å². The van der Waals surface area contributed by atoms with Gasteiger partial charge in [0.2, 0.25) is 0 Å². The van der Waals surface area contributed by atoms with E-state index >= 15 is 0 Å². The van der Waals surface area contributed by atoms with Crippen LogP contribution in [0, 0.1) is 0 Å². The van der Waals surface area contributed by atoms with Gasteiger partial charge in [-0.25, -0.2) is 4.79 Å². The third kappa shape index (κ3) is 2.24. The number of hydrogen-bond acceptors (Lipinski definition) is 3. The predicted octanol–water partition coefficient (Wildman–Crippen LogP) is 3.36. The Morgan fingerprint density at radius 2 is 2.06 bits per heavy atom. The van der Waals surface area contributed by atoms with Crippen molar-refractivity contribution < 1.29 is 14.4 Å². The van der Waals surface area contributed by atoms with Crippen molar-refractivity contribution >= 4 is 21.9 Å². The summed E-state index contributed by atoms with van der Waals surface area (Å²) < 4.78 is 6.08. The summed E-state index contributed by atoms with van der Waals surface area (Å²) in [6, 6.07) is 7.46. The number of carboxylic acid groups (broad SMARTS) is 1. The molecule has 5 heteroatoms. The number of hydrogen-bond donors (Lipinski definition) is 1. The summed E-state index contributed by atoms with van der Waals surface area (Å²) in [4.78, 5) is 10.9. The summed E-state index contributed by atoms with van der Waals surface area (Å²) in [7, 11) is 0. The van der Waals surface area contributed by atoms with Crippen molar-refractivity contribution in [1.29, 1.82) is 0 Å². The van der Waals surface area contributed by atoms with Gasteiger partial charge in [0.1, 0.15) is 0 Å². The molecule has 17 heavy (non-hydrogen) atoms. The molecule has 0 saturated heterocycles. The number of aromatic carboxylic acids is 1. The van der Waals surface area contributed by atoms with Gasteiger partial charge in [0.05, 0.1) is 0 Å². The van der Waals surface area contributed by atoms with Crippen LogP contribution in [-0.2, 0) is 6.42 Å². The second-order valence-corrected chi connectivity index (χ2v) is 4.42. The van der Waals surface area contributed by atoms with Gasteiger partial charge in [0.25, 0.3) is 0 Å². The molecule has 0 spiro atoms. The first-order valence-corrected chi connectivity index (χ1v) is 5.90. The summed E-state index contributed by atoms with van der Waals surface area (Å²) in [5.41, 5.74) is 1.44. The molecule has 1 N–H and O–H groups in total. The van der Waals surface area contributed by atoms with Crippen LogP contribution in [0.3, 0.4) is 0 Å². The predicted molar refractivity (Wildman–Crippen MR) is 66.0 cm³/mol. The lowest BCUT2D eigenvalue weighted by molar-refractivity contribution is 0.0685. The first-order valence-electron chi connectivity index (χ1n) is 5.11. The molecule has 1 aromatic heterocycles. The van der Waals surface area contributed by atoms with Crippen LogP contribution < -0.4 is 0 Å². The quantitative estimate of drug-likeness (QED) is 0.943. The monoisotopic (exact) mass is 295 g/mol. The van der Waals surface area contributed by atoms with Crippen LogP contribution in [0.15, 0.2) is 33.3 Å². The van der Waals surface area contributed by atoms with Crippen molar-refractivity contribution in [3.05, 3.63) is 40.0 Å². The zero-order valence-electron chi connectivity index (χ0n) is 9.11. The smallest absolute Gasteiger partial charge is 0.358 e. The van der Waals surface area contributed by atoms with Gasteiger partial charge in [-0.1, -0.05) is 40.1 Å². The molecule has 1 heterocycles. The Morgan fingerprint density at radius 3 is 2.59 bits per heavy atom. The van der Waals surface area contributed by atoms with Gasteiger partial charge in [-0.05, 0) is 18.6 Å². The lowest BCUT2D eigenvalue weighted by atomic mass is 10.0. The van der Waals surface area contributed by atoms with Crippen LogP contribution in [0.4, 0.5) is 0 Å². The fourth-order valence-electron chi connectivity index (χ4n) is 1.63. The summed E-state index contributed by atoms with van der Waals surface area (Å²) in [5.74, 6) is -0.536. The largest absolute Gasteiger partial charge is 0.476 e. The minimum absolute atomic E-state index is 0.00887. The van der Waals surface area contributed by atoms with Crippen LogP contribution in [0.5, 0.6) is 0 Å². The fraction of sp³-hybridized carbons (Fsp3) is 0.167. The molecule has 0 atom stereocenters. The molecule has 2 rings (SSSR count). The van der Waals surface area contributed by atoms with Gasteiger partial charge >= 0.3 is 5.97 Å². The van der Waals surface area contributed by atoms with Crippen molar-refractivity contribution in [2.45, 2.75) is 13.3 Å². The number of carboxylic acids is 1. The van der Waals surface area contributed by atoms with Crippen molar-refractivity contribution in [2.75, 3.05) is 0 Å². The molecule has 0 aliphatic carbocycles. The molecule has 88 valence electrons. The third-order valence-electron chi connectivity index (χ3n) is 2.45. The van der Waals surface area contributed by atoms with Crippen molar-refractivity contribution in [2.24, 2.45) is 0 Å². The first kappa shape index (κ1) is 11.9. The lowest BCUT2D eigenvalue weighted by Gasteiger charge is -1.99. The maximum absolute atomic E-state index is 10.9. The number of halogens is 1. The van der Waals surface area contributed by atoms with E-state index in [9.17, 15) is 4.79 Å². The van der Waals surface area contributed by atoms with Gasteiger partial charge in [-0.2, -0.15) is 0 Å². The Kier molecular flexibility index (Phi) is 3.28. The van der Waals surface area contributed by atoms with Gasteiger partial charge in [-0.15, -0.1) is 0 Å². The normalized spacial score (nSPS) is 10.5. The third-order valence-corrected chi connectivity index (χ3v) is 2.98. The number of nitrogens with zero attached hydrogens (tertiary/aromatic N) is 1. The van der Waals surface area contributed by atoms with E-state index in [1.54, 1.807) is 0 Å². The van der Waals surface area contributed by atoms with Crippen LogP contribution in [0.2, 0.25) is 0 Å². The van der Waals surface area contributed by atoms with Crippen molar-refractivity contribution in [1.82, 2.24) is 5.16 Å². The summed E-state index contributed by atoms with van der Waals surface area (Å²) in [5, 5.41) is 12.6. The van der Waals surface area contributed by atoms with Gasteiger partial charge in [0.15, 0.2) is 11.5 Å². The highest BCUT2D eigenvalue weighted by atomic mass is 79.9. The van der Waals surface area contributed by atoms with Gasteiger partial charge in [0, 0.05) is 15.6 Å². The highest BCUT2D eigenvalue weighted by Crippen LogP contribution is 2.28. The Balaban J connectivity index is 2.52. The first-order chi connectivity index (χ1) is 8.13. The highest BCUT2D eigenvalue weighted by molar-refractivity contribution is 9.10. The summed E-state index contributed by atoms with van der Waals surface area (Å²) in [6.45, 7) is 1.88. The van der Waals surface area contributed by atoms with E-state index in [0.29, 0.717) is 17.7 Å². The van der Waals surface area contributed by atoms with Crippen LogP contribution in [-0.4, -0.2) is 16.2 Å². The van der Waals surface area contributed by atoms with Crippen LogP contribution in [0.25, 0.3) is 11.3 Å². The molecule has 0 aliphatic rings. The van der Waals surface area contributed by atoms with E-state index in [1.807, 2.05) is 31.2 Å². The average molecular weight is 296 g/mol. The zero-order valence-corrected chi connectivity index (χ0v) is 10.7. The van der Waals surface area contributed by atoms with Crippen molar-refractivity contribution in [3.63, 3.8) is 0 Å². The molecule has 0 saturated carbocycles. The number of rotatable bonds is 3. The van der Waals surface area contributed by atoms with E-state index in [1.165, 1.54) is 0 Å². The number of benzene rings is 1. The fourth-order valence-corrected chi connectivity index (χ4v) is 1.90. The van der Waals surface area contributed by atoms with E-state index < -0.39 is 5.97 Å². The second kappa shape index (κ2) is 4.71. The molecule has 0 aliphatic heterocycles. The lowest BCUT2D eigenvalue weighted by Crippen LogP contribution is -2.00. The molecular formula is C12H10BrNO3. The Labute approximate surface area is 106 Å². The highest BCUT2D eigenvalue weighted by Gasteiger charge is 2.20. The maximum atomic E-state index is 10.9. The Morgan fingerprint density at radius 1 is 1.41 bits per heavy atom. The van der Waals surface area contributed by atoms with Crippen LogP contribution in [0.1, 0.15) is 23.0 Å². The molecule has 0 bridgehead atoms. The minimum Gasteiger partial charge on any atom is -0.476 e. The van der Waals surface area contributed by atoms with Gasteiger partial charge < -0.3 is 9.63 Å². The van der Waals surface area contributed by atoms with E-state index in [2.05, 4.69) is 21.1 Å². The second-order valence-electron chi connectivity index (χ2n) is 3.50. The minimum atomic E-state index is -1.06. The molecule has 1 aromatic carbocycles. The molecule has 0 radical (unpaired) electrons. The molecule has 0 unspecified atom stereocenters. The van der Waals surface area contributed by atoms with Crippen LogP contribution >= 0.6 is 15.9 Å². The summed E-state index contributed by atoms with van der Waals surface area (Å²) >= 11 is 3.34. The molecule has 4 nitrogen and oxygen atoms in total. The maximum Gasteiger partial charge on any atom is 0.358 e. The summed E-state index contributed by atoms with van der Waals surface area (Å²) in [6.07, 6.45) is 0.566. The SMILES string of the molecule is CCc1c(C(=O)O)noc1-c1ccc(Br)cc1. The van der Waals surface area contributed by atoms with E-state index in [0.717, 1.165) is 10.0 Å². The molecule has 0 amide bonds. The number of carbonyl (C=O) groups is 1. The standard InChI is InChI=1S/C12H10BrNO3/c1-2-9-10(12(15)16)14-17-11(9)7-3-5-8(13)6-4-7/h3-6H,2H2,1H3,(H,15,16). The van der Waals surface area contributed by atoms with E-state index in [4.69, 9.17) is 9.63 Å². The number of aromatic nitrogens is 1. The molecular weight excluding hydrogens is 286 g/mol. The average Bonchev–Trinajstić information content (AvgIpc) is 2.73. The van der Waals surface area contributed by atoms with Crippen molar-refractivity contribution in [3.8, 4) is 11.3 Å². The Hall–Kier alpha value is -1.62. The Bertz CT molecular complexity index is 545.